The molecule has 3 N–H and O–H groups in total. The molecule has 4 nitrogen and oxygen atoms in total. The third-order valence-corrected chi connectivity index (χ3v) is 4.18. The summed E-state index contributed by atoms with van der Waals surface area (Å²) in [7, 11) is 0. The normalized spacial score (nSPS) is 17.4. The summed E-state index contributed by atoms with van der Waals surface area (Å²) in [5, 5.41) is 6.03. The van der Waals surface area contributed by atoms with Gasteiger partial charge in [-0.25, -0.2) is 5.43 Å². The fraction of sp³-hybridized carbons (Fsp3) is 0.385. The van der Waals surface area contributed by atoms with Gasteiger partial charge in [0.2, 0.25) is 0 Å². The molecule has 1 unspecified atom stereocenters. The lowest BCUT2D eigenvalue weighted by atomic mass is 9.79. The second-order valence-corrected chi connectivity index (χ2v) is 5.34. The van der Waals surface area contributed by atoms with Crippen LogP contribution in [0.25, 0.3) is 0 Å². The summed E-state index contributed by atoms with van der Waals surface area (Å²) in [5.74, 6) is 6.39. The van der Waals surface area contributed by atoms with Crippen LogP contribution in [0.3, 0.4) is 0 Å². The van der Waals surface area contributed by atoms with Crippen molar-refractivity contribution in [2.24, 2.45) is 5.84 Å². The van der Waals surface area contributed by atoms with Crippen molar-refractivity contribution >= 4 is 11.5 Å². The summed E-state index contributed by atoms with van der Waals surface area (Å²) in [5.41, 5.74) is 6.29. The first-order valence-electron chi connectivity index (χ1n) is 6.21. The molecule has 0 radical (unpaired) electrons. The van der Waals surface area contributed by atoms with Crippen molar-refractivity contribution in [1.29, 1.82) is 0 Å². The Bertz CT molecular complexity index is 507. The average Bonchev–Trinajstić information content (AvgIpc) is 2.82. The summed E-state index contributed by atoms with van der Waals surface area (Å²) in [6.07, 6.45) is 3.97. The van der Waals surface area contributed by atoms with Crippen LogP contribution in [0.2, 0.25) is 0 Å². The molecule has 0 amide bonds. The number of rotatable bonds is 4. The topological polar surface area (TPSA) is 63.8 Å². The maximum Gasteiger partial charge on any atom is 0.0983 e. The maximum atomic E-state index is 5.66. The Morgan fingerprint density at radius 3 is 2.89 bits per heavy atom. The fourth-order valence-corrected chi connectivity index (χ4v) is 2.86. The van der Waals surface area contributed by atoms with Crippen LogP contribution < -0.4 is 11.3 Å². The lowest BCUT2D eigenvalue weighted by molar-refractivity contribution is 0.419. The van der Waals surface area contributed by atoms with Crippen molar-refractivity contribution in [2.45, 2.75) is 31.2 Å². The quantitative estimate of drug-likeness (QED) is 0.654. The van der Waals surface area contributed by atoms with Gasteiger partial charge in [-0.15, -0.1) is 5.10 Å². The first kappa shape index (κ1) is 11.8. The zero-order chi connectivity index (χ0) is 12.4. The lowest BCUT2D eigenvalue weighted by Gasteiger charge is -2.26. The molecule has 94 valence electrons. The Kier molecular flexibility index (Phi) is 3.36. The van der Waals surface area contributed by atoms with Gasteiger partial charge in [0.05, 0.1) is 11.7 Å². The van der Waals surface area contributed by atoms with Gasteiger partial charge in [0.1, 0.15) is 0 Å². The van der Waals surface area contributed by atoms with E-state index in [1.165, 1.54) is 36.4 Å². The van der Waals surface area contributed by atoms with Gasteiger partial charge in [0.25, 0.3) is 0 Å². The number of benzene rings is 1. The molecular weight excluding hydrogens is 244 g/mol. The van der Waals surface area contributed by atoms with E-state index in [2.05, 4.69) is 39.3 Å². The highest BCUT2D eigenvalue weighted by Crippen LogP contribution is 2.37. The minimum atomic E-state index is -0.0659. The van der Waals surface area contributed by atoms with Crippen LogP contribution in [0, 0.1) is 0 Å². The smallest absolute Gasteiger partial charge is 0.0983 e. The van der Waals surface area contributed by atoms with Gasteiger partial charge < -0.3 is 0 Å². The molecule has 1 aromatic heterocycles. The molecule has 0 aliphatic heterocycles. The molecule has 0 spiro atoms. The van der Waals surface area contributed by atoms with E-state index >= 15 is 0 Å². The van der Waals surface area contributed by atoms with Crippen LogP contribution in [0.5, 0.6) is 0 Å². The number of aromatic nitrogens is 2. The summed E-state index contributed by atoms with van der Waals surface area (Å²) in [4.78, 5) is 0. The Labute approximate surface area is 110 Å². The number of nitrogens with one attached hydrogen (secondary N) is 1. The van der Waals surface area contributed by atoms with E-state index in [0.29, 0.717) is 0 Å². The second-order valence-electron chi connectivity index (χ2n) is 4.73. The third kappa shape index (κ3) is 2.16. The Morgan fingerprint density at radius 1 is 1.39 bits per heavy atom. The van der Waals surface area contributed by atoms with Gasteiger partial charge in [-0.05, 0) is 41.4 Å². The highest BCUT2D eigenvalue weighted by molar-refractivity contribution is 7.03. The summed E-state index contributed by atoms with van der Waals surface area (Å²) in [6, 6.07) is 8.58. The van der Waals surface area contributed by atoms with Crippen LogP contribution in [0.15, 0.2) is 29.6 Å². The van der Waals surface area contributed by atoms with Crippen LogP contribution in [-0.4, -0.2) is 9.59 Å². The zero-order valence-corrected chi connectivity index (χ0v) is 10.9. The Hall–Kier alpha value is -1.30. The van der Waals surface area contributed by atoms with Crippen LogP contribution in [0.1, 0.15) is 48.0 Å². The molecule has 18 heavy (non-hydrogen) atoms. The minimum Gasteiger partial charge on any atom is -0.271 e. The maximum absolute atomic E-state index is 5.66. The Morgan fingerprint density at radius 2 is 2.28 bits per heavy atom. The van der Waals surface area contributed by atoms with E-state index in [0.717, 1.165) is 17.2 Å². The number of hydrazine groups is 1. The molecule has 3 rings (SSSR count). The molecule has 1 atom stereocenters. The molecule has 0 bridgehead atoms. The number of hydrogen-bond donors (Lipinski definition) is 2. The van der Waals surface area contributed by atoms with Crippen LogP contribution >= 0.6 is 11.5 Å². The van der Waals surface area contributed by atoms with E-state index in [4.69, 9.17) is 5.84 Å². The average molecular weight is 260 g/mol. The SMILES string of the molecule is NNC(c1cccc(C2CCC2)c1)c1csnn1. The molecule has 1 saturated carbocycles. The third-order valence-electron chi connectivity index (χ3n) is 3.66. The van der Waals surface area contributed by atoms with E-state index in [9.17, 15) is 0 Å². The molecule has 0 saturated heterocycles. The Balaban J connectivity index is 1.90. The molecule has 2 aromatic rings. The largest absolute Gasteiger partial charge is 0.271 e. The van der Waals surface area contributed by atoms with Crippen molar-refractivity contribution in [2.75, 3.05) is 0 Å². The van der Waals surface area contributed by atoms with Gasteiger partial charge in [-0.3, -0.25) is 5.84 Å². The minimum absolute atomic E-state index is 0.0659. The summed E-state index contributed by atoms with van der Waals surface area (Å²) < 4.78 is 3.90. The molecule has 5 heteroatoms. The predicted molar refractivity (Wildman–Crippen MR) is 72.1 cm³/mol. The predicted octanol–water partition coefficient (Wildman–Crippen LogP) is 2.36. The van der Waals surface area contributed by atoms with Gasteiger partial charge >= 0.3 is 0 Å². The molecule has 1 aliphatic carbocycles. The van der Waals surface area contributed by atoms with Gasteiger partial charge in [-0.2, -0.15) is 0 Å². The van der Waals surface area contributed by atoms with Crippen molar-refractivity contribution in [1.82, 2.24) is 15.0 Å². The number of nitrogens with two attached hydrogens (primary N) is 1. The molecule has 1 aromatic carbocycles. The highest BCUT2D eigenvalue weighted by Gasteiger charge is 2.21. The van der Waals surface area contributed by atoms with E-state index in [1.54, 1.807) is 0 Å². The van der Waals surface area contributed by atoms with Crippen LogP contribution in [0.4, 0.5) is 0 Å². The first-order valence-corrected chi connectivity index (χ1v) is 7.05. The fourth-order valence-electron chi connectivity index (χ4n) is 2.38. The molecular formula is C13H16N4S. The monoisotopic (exact) mass is 260 g/mol. The standard InChI is InChI=1S/C13H16N4S/c14-15-13(12-8-18-17-16-12)11-6-2-5-10(7-11)9-3-1-4-9/h2,5-9,13,15H,1,3-4,14H2. The highest BCUT2D eigenvalue weighted by atomic mass is 32.1. The van der Waals surface area contributed by atoms with E-state index in [-0.39, 0.29) is 6.04 Å². The van der Waals surface area contributed by atoms with Crippen molar-refractivity contribution in [3.63, 3.8) is 0 Å². The second kappa shape index (κ2) is 5.14. The molecule has 1 aliphatic rings. The first-order chi connectivity index (χ1) is 8.88. The summed E-state index contributed by atoms with van der Waals surface area (Å²) in [6.45, 7) is 0. The number of nitrogens with zero attached hydrogens (tertiary/aromatic N) is 2. The molecule has 1 heterocycles. The van der Waals surface area contributed by atoms with Crippen molar-refractivity contribution < 1.29 is 0 Å². The van der Waals surface area contributed by atoms with Crippen molar-refractivity contribution in [3.8, 4) is 0 Å². The zero-order valence-electron chi connectivity index (χ0n) is 10.0. The van der Waals surface area contributed by atoms with Gasteiger partial charge in [0, 0.05) is 5.38 Å². The lowest BCUT2D eigenvalue weighted by Crippen LogP contribution is -2.29. The number of hydrogen-bond acceptors (Lipinski definition) is 5. The van der Waals surface area contributed by atoms with E-state index < -0.39 is 0 Å². The van der Waals surface area contributed by atoms with Gasteiger partial charge in [0.15, 0.2) is 0 Å². The molecule has 1 fully saturated rings. The summed E-state index contributed by atoms with van der Waals surface area (Å²) >= 11 is 1.35. The van der Waals surface area contributed by atoms with Gasteiger partial charge in [-0.1, -0.05) is 35.2 Å². The van der Waals surface area contributed by atoms with E-state index in [1.807, 2.05) is 5.38 Å². The van der Waals surface area contributed by atoms with Crippen LogP contribution in [-0.2, 0) is 0 Å². The van der Waals surface area contributed by atoms with Crippen molar-refractivity contribution in [3.05, 3.63) is 46.5 Å².